The SMILES string of the molecule is C1=Cc2cc(N(c3ccccc3)c3ccc(-c4cc(-c5ccc(N(c6ccccc6)c6ccc7ccccc7c6)cc5)cc5c4[nH]c4ccccc45)cc3)ccc2CC1. The Labute approximate surface area is 344 Å². The predicted octanol–water partition coefficient (Wildman–Crippen LogP) is 15.7. The van der Waals surface area contributed by atoms with E-state index in [9.17, 15) is 0 Å². The van der Waals surface area contributed by atoms with Gasteiger partial charge in [0, 0.05) is 56.0 Å². The van der Waals surface area contributed by atoms with Crippen LogP contribution >= 0.6 is 0 Å². The molecule has 0 saturated carbocycles. The van der Waals surface area contributed by atoms with E-state index in [0.29, 0.717) is 0 Å². The number of nitrogens with zero attached hydrogens (tertiary/aromatic N) is 2. The van der Waals surface area contributed by atoms with E-state index < -0.39 is 0 Å². The molecule has 1 aliphatic carbocycles. The van der Waals surface area contributed by atoms with Gasteiger partial charge in [-0.05, 0) is 142 Å². The van der Waals surface area contributed by atoms with Gasteiger partial charge in [0.15, 0.2) is 0 Å². The van der Waals surface area contributed by atoms with E-state index in [0.717, 1.165) is 63.6 Å². The lowest BCUT2D eigenvalue weighted by Gasteiger charge is -2.27. The highest BCUT2D eigenvalue weighted by atomic mass is 15.1. The lowest BCUT2D eigenvalue weighted by molar-refractivity contribution is 0.985. The summed E-state index contributed by atoms with van der Waals surface area (Å²) in [4.78, 5) is 8.49. The molecule has 1 heterocycles. The number of fused-ring (bicyclic) bond motifs is 5. The molecule has 1 aromatic heterocycles. The zero-order valence-corrected chi connectivity index (χ0v) is 32.6. The number of aryl methyl sites for hydroxylation is 1. The third-order valence-corrected chi connectivity index (χ3v) is 11.8. The molecule has 3 nitrogen and oxygen atoms in total. The number of anilines is 6. The van der Waals surface area contributed by atoms with E-state index in [4.69, 9.17) is 0 Å². The van der Waals surface area contributed by atoms with Crippen molar-refractivity contribution in [3.63, 3.8) is 0 Å². The van der Waals surface area contributed by atoms with Crippen LogP contribution in [0.2, 0.25) is 0 Å². The zero-order valence-electron chi connectivity index (χ0n) is 32.6. The van der Waals surface area contributed by atoms with Crippen molar-refractivity contribution < 1.29 is 0 Å². The molecule has 11 rings (SSSR count). The van der Waals surface area contributed by atoms with Crippen LogP contribution in [0.15, 0.2) is 212 Å². The van der Waals surface area contributed by atoms with Gasteiger partial charge >= 0.3 is 0 Å². The number of aromatic nitrogens is 1. The van der Waals surface area contributed by atoms with Crippen molar-refractivity contribution in [2.45, 2.75) is 12.8 Å². The number of hydrogen-bond acceptors (Lipinski definition) is 2. The molecule has 59 heavy (non-hydrogen) atoms. The smallest absolute Gasteiger partial charge is 0.0544 e. The molecule has 10 aromatic rings. The Bertz CT molecular complexity index is 3140. The van der Waals surface area contributed by atoms with Gasteiger partial charge in [0.05, 0.1) is 5.52 Å². The fourth-order valence-corrected chi connectivity index (χ4v) is 8.86. The molecular formula is C56H41N3. The first-order valence-corrected chi connectivity index (χ1v) is 20.5. The standard InChI is InChI=1S/C56H41N3/c1-3-17-46(18-4-1)58(50-33-25-39-13-7-9-15-43(39)35-50)48-29-23-41(24-30-48)45-37-53(56-54(38-45)52-21-11-12-22-55(52)57-56)42-27-31-49(32-28-42)59(47-19-5-2-6-20-47)51-34-26-40-14-8-10-16-44(40)36-51/h1-7,9-13,15-38,57H,8,14H2. The van der Waals surface area contributed by atoms with Gasteiger partial charge in [-0.3, -0.25) is 0 Å². The molecule has 0 amide bonds. The van der Waals surface area contributed by atoms with Crippen molar-refractivity contribution in [3.8, 4) is 22.3 Å². The van der Waals surface area contributed by atoms with Crippen molar-refractivity contribution in [2.75, 3.05) is 9.80 Å². The fourth-order valence-electron chi connectivity index (χ4n) is 8.86. The maximum Gasteiger partial charge on any atom is 0.0544 e. The minimum absolute atomic E-state index is 1.09. The quantitative estimate of drug-likeness (QED) is 0.167. The zero-order chi connectivity index (χ0) is 39.1. The Morgan fingerprint density at radius 2 is 0.966 bits per heavy atom. The third kappa shape index (κ3) is 6.43. The molecule has 3 heteroatoms. The topological polar surface area (TPSA) is 22.3 Å². The molecule has 0 atom stereocenters. The molecule has 1 aliphatic rings. The van der Waals surface area contributed by atoms with E-state index in [1.165, 1.54) is 49.4 Å². The normalized spacial score (nSPS) is 12.2. The summed E-state index contributed by atoms with van der Waals surface area (Å²) in [5.41, 5.74) is 16.5. The van der Waals surface area contributed by atoms with E-state index in [1.54, 1.807) is 0 Å². The summed E-state index contributed by atoms with van der Waals surface area (Å²) < 4.78 is 0. The summed E-state index contributed by atoms with van der Waals surface area (Å²) in [6.07, 6.45) is 6.75. The first-order valence-electron chi connectivity index (χ1n) is 20.5. The van der Waals surface area contributed by atoms with Gasteiger partial charge in [0.1, 0.15) is 0 Å². The number of aromatic amines is 1. The van der Waals surface area contributed by atoms with Crippen LogP contribution < -0.4 is 9.80 Å². The summed E-state index contributed by atoms with van der Waals surface area (Å²) in [5.74, 6) is 0. The van der Waals surface area contributed by atoms with Gasteiger partial charge in [0.2, 0.25) is 0 Å². The second-order valence-corrected chi connectivity index (χ2v) is 15.4. The van der Waals surface area contributed by atoms with Gasteiger partial charge in [0.25, 0.3) is 0 Å². The Balaban J connectivity index is 1.000. The summed E-state index contributed by atoms with van der Waals surface area (Å²) >= 11 is 0. The van der Waals surface area contributed by atoms with Crippen molar-refractivity contribution in [2.24, 2.45) is 0 Å². The monoisotopic (exact) mass is 755 g/mol. The summed E-state index contributed by atoms with van der Waals surface area (Å²) in [5, 5.41) is 4.90. The van der Waals surface area contributed by atoms with Crippen LogP contribution in [-0.4, -0.2) is 4.98 Å². The Kier molecular flexibility index (Phi) is 8.63. The lowest BCUT2D eigenvalue weighted by atomic mass is 9.95. The van der Waals surface area contributed by atoms with E-state index in [-0.39, 0.29) is 0 Å². The van der Waals surface area contributed by atoms with Crippen LogP contribution in [0.5, 0.6) is 0 Å². The van der Waals surface area contributed by atoms with E-state index >= 15 is 0 Å². The summed E-state index contributed by atoms with van der Waals surface area (Å²) in [7, 11) is 0. The molecule has 9 aromatic carbocycles. The highest BCUT2D eigenvalue weighted by Gasteiger charge is 2.18. The van der Waals surface area contributed by atoms with Crippen LogP contribution in [0.3, 0.4) is 0 Å². The van der Waals surface area contributed by atoms with Gasteiger partial charge in [-0.25, -0.2) is 0 Å². The van der Waals surface area contributed by atoms with Crippen LogP contribution in [0.25, 0.3) is 60.9 Å². The Morgan fingerprint density at radius 1 is 0.390 bits per heavy atom. The molecule has 0 radical (unpaired) electrons. The van der Waals surface area contributed by atoms with E-state index in [1.807, 2.05) is 0 Å². The Hall–Kier alpha value is -7.62. The number of allylic oxidation sites excluding steroid dienone is 1. The van der Waals surface area contributed by atoms with Crippen molar-refractivity contribution in [1.82, 2.24) is 4.98 Å². The Morgan fingerprint density at radius 3 is 1.69 bits per heavy atom. The molecule has 0 spiro atoms. The second-order valence-electron chi connectivity index (χ2n) is 15.4. The molecule has 1 N–H and O–H groups in total. The molecule has 0 fully saturated rings. The maximum absolute atomic E-state index is 3.79. The first kappa shape index (κ1) is 34.6. The van der Waals surface area contributed by atoms with Gasteiger partial charge < -0.3 is 14.8 Å². The minimum Gasteiger partial charge on any atom is -0.354 e. The fraction of sp³-hybridized carbons (Fsp3) is 0.0357. The van der Waals surface area contributed by atoms with Crippen molar-refractivity contribution in [3.05, 3.63) is 223 Å². The number of rotatable bonds is 8. The lowest BCUT2D eigenvalue weighted by Crippen LogP contribution is -2.10. The average Bonchev–Trinajstić information content (AvgIpc) is 3.69. The molecular weight excluding hydrogens is 715 g/mol. The number of nitrogens with one attached hydrogen (secondary N) is 1. The third-order valence-electron chi connectivity index (χ3n) is 11.8. The number of hydrogen-bond donors (Lipinski definition) is 1. The van der Waals surface area contributed by atoms with Crippen LogP contribution in [0, 0.1) is 0 Å². The highest BCUT2D eigenvalue weighted by molar-refractivity contribution is 6.13. The predicted molar refractivity (Wildman–Crippen MR) is 251 cm³/mol. The van der Waals surface area contributed by atoms with Gasteiger partial charge in [-0.1, -0.05) is 127 Å². The average molecular weight is 756 g/mol. The van der Waals surface area contributed by atoms with Crippen molar-refractivity contribution >= 4 is 72.8 Å². The number of H-pyrrole nitrogens is 1. The molecule has 0 unspecified atom stereocenters. The second kappa shape index (κ2) is 14.7. The van der Waals surface area contributed by atoms with Gasteiger partial charge in [-0.15, -0.1) is 0 Å². The van der Waals surface area contributed by atoms with Crippen molar-refractivity contribution in [1.29, 1.82) is 0 Å². The van der Waals surface area contributed by atoms with Crippen LogP contribution in [-0.2, 0) is 6.42 Å². The largest absolute Gasteiger partial charge is 0.354 e. The molecule has 0 bridgehead atoms. The maximum atomic E-state index is 3.79. The van der Waals surface area contributed by atoms with Gasteiger partial charge in [-0.2, -0.15) is 0 Å². The minimum atomic E-state index is 1.09. The summed E-state index contributed by atoms with van der Waals surface area (Å²) in [6, 6.07) is 74.9. The van der Waals surface area contributed by atoms with E-state index in [2.05, 4.69) is 233 Å². The number of benzene rings is 9. The number of para-hydroxylation sites is 3. The molecule has 0 saturated heterocycles. The first-order chi connectivity index (χ1) is 29.2. The molecule has 0 aliphatic heterocycles. The summed E-state index contributed by atoms with van der Waals surface area (Å²) in [6.45, 7) is 0. The highest BCUT2D eigenvalue weighted by Crippen LogP contribution is 2.42. The molecule has 280 valence electrons. The van der Waals surface area contributed by atoms with Crippen LogP contribution in [0.4, 0.5) is 34.1 Å². The van der Waals surface area contributed by atoms with Crippen LogP contribution in [0.1, 0.15) is 17.5 Å².